The maximum absolute atomic E-state index is 13.5. The normalized spacial score (nSPS) is 19.6. The molecule has 3 aromatic rings. The van der Waals surface area contributed by atoms with Crippen LogP contribution in [0.3, 0.4) is 0 Å². The average molecular weight is 437 g/mol. The van der Waals surface area contributed by atoms with Crippen LogP contribution in [0, 0.1) is 23.4 Å². The molecule has 0 saturated heterocycles. The third kappa shape index (κ3) is 5.62. The van der Waals surface area contributed by atoms with E-state index in [0.717, 1.165) is 44.9 Å². The zero-order valence-electron chi connectivity index (χ0n) is 18.7. The molecule has 0 N–H and O–H groups in total. The minimum atomic E-state index is -1.37. The number of hydrogen-bond acceptors (Lipinski definition) is 0. The molecule has 0 amide bonds. The number of rotatable bonds is 7. The predicted molar refractivity (Wildman–Crippen MR) is 124 cm³/mol. The first-order valence-corrected chi connectivity index (χ1v) is 11.8. The monoisotopic (exact) mass is 436 g/mol. The highest BCUT2D eigenvalue weighted by molar-refractivity contribution is 5.27. The summed E-state index contributed by atoms with van der Waals surface area (Å²) in [4.78, 5) is 0. The van der Waals surface area contributed by atoms with Crippen LogP contribution in [0.1, 0.15) is 73.1 Å². The lowest BCUT2D eigenvalue weighted by Crippen LogP contribution is -2.14. The summed E-state index contributed by atoms with van der Waals surface area (Å²) in [6, 6.07) is 22.0. The average Bonchev–Trinajstić information content (AvgIpc) is 2.82. The highest BCUT2D eigenvalue weighted by atomic mass is 19.2. The molecule has 1 saturated carbocycles. The molecule has 0 heterocycles. The zero-order chi connectivity index (χ0) is 22.5. The Bertz CT molecular complexity index is 979. The molecule has 32 heavy (non-hydrogen) atoms. The van der Waals surface area contributed by atoms with Crippen molar-refractivity contribution in [3.05, 3.63) is 106 Å². The van der Waals surface area contributed by atoms with Gasteiger partial charge in [-0.25, -0.2) is 13.2 Å². The van der Waals surface area contributed by atoms with Gasteiger partial charge in [-0.3, -0.25) is 0 Å². The summed E-state index contributed by atoms with van der Waals surface area (Å²) in [5, 5.41) is 0. The summed E-state index contributed by atoms with van der Waals surface area (Å²) >= 11 is 0. The third-order valence-corrected chi connectivity index (χ3v) is 7.10. The summed E-state index contributed by atoms with van der Waals surface area (Å²) in [6.45, 7) is 2.27. The maximum Gasteiger partial charge on any atom is 0.194 e. The number of aryl methyl sites for hydroxylation is 1. The fraction of sp³-hybridized carbons (Fsp3) is 0.379. The second-order valence-electron chi connectivity index (χ2n) is 9.39. The van der Waals surface area contributed by atoms with Gasteiger partial charge in [0.15, 0.2) is 17.5 Å². The van der Waals surface area contributed by atoms with E-state index in [0.29, 0.717) is 17.4 Å². The smallest absolute Gasteiger partial charge is 0.194 e. The van der Waals surface area contributed by atoms with Crippen molar-refractivity contribution in [3.63, 3.8) is 0 Å². The Labute approximate surface area is 189 Å². The van der Waals surface area contributed by atoms with Gasteiger partial charge in [0.1, 0.15) is 0 Å². The van der Waals surface area contributed by atoms with E-state index in [1.54, 1.807) is 0 Å². The van der Waals surface area contributed by atoms with Crippen molar-refractivity contribution in [1.29, 1.82) is 0 Å². The van der Waals surface area contributed by atoms with E-state index in [1.165, 1.54) is 28.8 Å². The SMILES string of the molecule is C[C@H](Cc1ccc(CCC2CCC(c3cc(F)c(F)c(F)c3)CC2)cc1)c1ccccc1. The van der Waals surface area contributed by atoms with Crippen LogP contribution >= 0.6 is 0 Å². The highest BCUT2D eigenvalue weighted by Crippen LogP contribution is 2.38. The Kier molecular flexibility index (Phi) is 7.34. The third-order valence-electron chi connectivity index (χ3n) is 7.10. The quantitative estimate of drug-likeness (QED) is 0.326. The van der Waals surface area contributed by atoms with Gasteiger partial charge in [0.2, 0.25) is 0 Å². The van der Waals surface area contributed by atoms with Gasteiger partial charge < -0.3 is 0 Å². The lowest BCUT2D eigenvalue weighted by molar-refractivity contribution is 0.309. The second kappa shape index (κ2) is 10.4. The minimum absolute atomic E-state index is 0.127. The van der Waals surface area contributed by atoms with Crippen LogP contribution in [0.25, 0.3) is 0 Å². The standard InChI is InChI=1S/C29H31F3/c1-20(24-5-3-2-4-6-24)17-23-11-9-21(10-12-23)7-8-22-13-15-25(16-14-22)26-18-27(30)29(32)28(31)19-26/h2-6,9-12,18-20,22,25H,7-8,13-17H2,1H3/t20-,22?,25?/m1/s1. The second-order valence-corrected chi connectivity index (χ2v) is 9.39. The summed E-state index contributed by atoms with van der Waals surface area (Å²) in [5.41, 5.74) is 4.70. The first-order chi connectivity index (χ1) is 15.5. The van der Waals surface area contributed by atoms with Gasteiger partial charge in [0, 0.05) is 0 Å². The van der Waals surface area contributed by atoms with Crippen molar-refractivity contribution >= 4 is 0 Å². The largest absolute Gasteiger partial charge is 0.204 e. The summed E-state index contributed by atoms with van der Waals surface area (Å²) < 4.78 is 40.3. The first-order valence-electron chi connectivity index (χ1n) is 11.8. The fourth-order valence-corrected chi connectivity index (χ4v) is 5.06. The van der Waals surface area contributed by atoms with Gasteiger partial charge in [0.25, 0.3) is 0 Å². The van der Waals surface area contributed by atoms with Crippen LogP contribution in [0.5, 0.6) is 0 Å². The summed E-state index contributed by atoms with van der Waals surface area (Å²) in [6.07, 6.45) is 7.16. The Balaban J connectivity index is 1.24. The molecule has 3 aromatic carbocycles. The molecule has 0 bridgehead atoms. The van der Waals surface area contributed by atoms with E-state index < -0.39 is 17.5 Å². The lowest BCUT2D eigenvalue weighted by Gasteiger charge is -2.29. The van der Waals surface area contributed by atoms with Gasteiger partial charge >= 0.3 is 0 Å². The number of hydrogen-bond donors (Lipinski definition) is 0. The molecule has 168 valence electrons. The molecule has 0 aromatic heterocycles. The predicted octanol–water partition coefficient (Wildman–Crippen LogP) is 8.36. The summed E-state index contributed by atoms with van der Waals surface area (Å²) in [5.74, 6) is -2.27. The molecule has 1 fully saturated rings. The van der Waals surface area contributed by atoms with E-state index in [4.69, 9.17) is 0 Å². The molecule has 0 unspecified atom stereocenters. The summed E-state index contributed by atoms with van der Waals surface area (Å²) in [7, 11) is 0. The molecule has 0 spiro atoms. The van der Waals surface area contributed by atoms with E-state index in [2.05, 4.69) is 61.5 Å². The molecule has 0 aliphatic heterocycles. The van der Waals surface area contributed by atoms with Crippen LogP contribution in [-0.4, -0.2) is 0 Å². The van der Waals surface area contributed by atoms with Gasteiger partial charge in [-0.05, 0) is 97.1 Å². The highest BCUT2D eigenvalue weighted by Gasteiger charge is 2.24. The molecular formula is C29H31F3. The maximum atomic E-state index is 13.5. The zero-order valence-corrected chi connectivity index (χ0v) is 18.7. The van der Waals surface area contributed by atoms with Gasteiger partial charge in [-0.15, -0.1) is 0 Å². The van der Waals surface area contributed by atoms with Gasteiger partial charge in [0.05, 0.1) is 0 Å². The van der Waals surface area contributed by atoms with E-state index >= 15 is 0 Å². The van der Waals surface area contributed by atoms with Gasteiger partial charge in [-0.2, -0.15) is 0 Å². The molecule has 4 rings (SSSR count). The number of benzene rings is 3. The van der Waals surface area contributed by atoms with Crippen LogP contribution < -0.4 is 0 Å². The van der Waals surface area contributed by atoms with Crippen molar-refractivity contribution in [1.82, 2.24) is 0 Å². The van der Waals surface area contributed by atoms with Crippen molar-refractivity contribution in [2.24, 2.45) is 5.92 Å². The van der Waals surface area contributed by atoms with E-state index in [9.17, 15) is 13.2 Å². The van der Waals surface area contributed by atoms with Crippen LogP contribution in [0.15, 0.2) is 66.7 Å². The lowest BCUT2D eigenvalue weighted by atomic mass is 9.77. The van der Waals surface area contributed by atoms with Crippen LogP contribution in [0.2, 0.25) is 0 Å². The van der Waals surface area contributed by atoms with E-state index in [1.807, 2.05) is 0 Å². The molecule has 1 aliphatic rings. The van der Waals surface area contributed by atoms with Crippen molar-refractivity contribution in [3.8, 4) is 0 Å². The first kappa shape index (κ1) is 22.6. The molecule has 1 aliphatic carbocycles. The van der Waals surface area contributed by atoms with Crippen LogP contribution in [0.4, 0.5) is 13.2 Å². The Hall–Kier alpha value is -2.55. The molecule has 0 radical (unpaired) electrons. The Morgan fingerprint density at radius 1 is 0.781 bits per heavy atom. The molecule has 1 atom stereocenters. The van der Waals surface area contributed by atoms with Crippen LogP contribution in [-0.2, 0) is 12.8 Å². The van der Waals surface area contributed by atoms with Crippen molar-refractivity contribution < 1.29 is 13.2 Å². The van der Waals surface area contributed by atoms with Crippen molar-refractivity contribution in [2.75, 3.05) is 0 Å². The Morgan fingerprint density at radius 3 is 2.00 bits per heavy atom. The Morgan fingerprint density at radius 2 is 1.38 bits per heavy atom. The number of halogens is 3. The van der Waals surface area contributed by atoms with Gasteiger partial charge in [-0.1, -0.05) is 61.5 Å². The molecule has 3 heteroatoms. The minimum Gasteiger partial charge on any atom is -0.204 e. The molecular weight excluding hydrogens is 405 g/mol. The van der Waals surface area contributed by atoms with E-state index in [-0.39, 0.29) is 5.92 Å². The molecule has 0 nitrogen and oxygen atoms in total. The van der Waals surface area contributed by atoms with Crippen molar-refractivity contribution in [2.45, 2.75) is 63.7 Å². The topological polar surface area (TPSA) is 0 Å². The fourth-order valence-electron chi connectivity index (χ4n) is 5.06.